The first kappa shape index (κ1) is 12.9. The van der Waals surface area contributed by atoms with Gasteiger partial charge in [0.1, 0.15) is 6.17 Å². The first-order valence-electron chi connectivity index (χ1n) is 5.89. The highest BCUT2D eigenvalue weighted by atomic mass is 19.1. The lowest BCUT2D eigenvalue weighted by atomic mass is 10.1. The van der Waals surface area contributed by atoms with Crippen molar-refractivity contribution in [1.29, 1.82) is 0 Å². The van der Waals surface area contributed by atoms with E-state index in [-0.39, 0.29) is 11.5 Å². The molecule has 2 nitrogen and oxygen atoms in total. The van der Waals surface area contributed by atoms with Crippen LogP contribution < -0.4 is 0 Å². The maximum absolute atomic E-state index is 13.2. The molecular weight excluding hydrogens is 193 g/mol. The second kappa shape index (κ2) is 5.26. The highest BCUT2D eigenvalue weighted by Crippen LogP contribution is 2.19. The van der Waals surface area contributed by atoms with Gasteiger partial charge in [-0.2, -0.15) is 0 Å². The standard InChI is InChI=1S/C12H24FNO/c1-10-8-14(9-11(10)13)6-5-7-15-12(2,3)4/h10-11H,5-9H2,1-4H3/t10-,11+/m0/s1. The Morgan fingerprint density at radius 3 is 2.47 bits per heavy atom. The van der Waals surface area contributed by atoms with Crippen LogP contribution in [0.4, 0.5) is 4.39 Å². The van der Waals surface area contributed by atoms with Crippen LogP contribution in [0.15, 0.2) is 0 Å². The summed E-state index contributed by atoms with van der Waals surface area (Å²) in [5.41, 5.74) is -0.0546. The zero-order valence-electron chi connectivity index (χ0n) is 10.4. The number of nitrogens with zero attached hydrogens (tertiary/aromatic N) is 1. The van der Waals surface area contributed by atoms with Crippen LogP contribution in [0.25, 0.3) is 0 Å². The predicted molar refractivity (Wildman–Crippen MR) is 60.8 cm³/mol. The van der Waals surface area contributed by atoms with Gasteiger partial charge in [0.15, 0.2) is 0 Å². The highest BCUT2D eigenvalue weighted by molar-refractivity contribution is 4.80. The van der Waals surface area contributed by atoms with Crippen molar-refractivity contribution in [2.45, 2.75) is 45.9 Å². The summed E-state index contributed by atoms with van der Waals surface area (Å²) in [5.74, 6) is 0.202. The van der Waals surface area contributed by atoms with Crippen LogP contribution >= 0.6 is 0 Å². The molecule has 0 aliphatic carbocycles. The van der Waals surface area contributed by atoms with E-state index in [1.165, 1.54) is 0 Å². The summed E-state index contributed by atoms with van der Waals surface area (Å²) in [7, 11) is 0. The Bertz CT molecular complexity index is 181. The second-order valence-electron chi connectivity index (χ2n) is 5.57. The van der Waals surface area contributed by atoms with Crippen LogP contribution in [0.5, 0.6) is 0 Å². The van der Waals surface area contributed by atoms with Gasteiger partial charge in [-0.15, -0.1) is 0 Å². The first-order valence-corrected chi connectivity index (χ1v) is 5.89. The molecule has 1 rings (SSSR count). The van der Waals surface area contributed by atoms with E-state index in [0.29, 0.717) is 6.54 Å². The van der Waals surface area contributed by atoms with E-state index in [0.717, 1.165) is 26.1 Å². The minimum atomic E-state index is -0.631. The minimum Gasteiger partial charge on any atom is -0.376 e. The SMILES string of the molecule is C[C@H]1CN(CCCOC(C)(C)C)C[C@H]1F. The summed E-state index contributed by atoms with van der Waals surface area (Å²) < 4.78 is 18.8. The number of ether oxygens (including phenoxy) is 1. The second-order valence-corrected chi connectivity index (χ2v) is 5.57. The van der Waals surface area contributed by atoms with Gasteiger partial charge < -0.3 is 4.74 Å². The van der Waals surface area contributed by atoms with E-state index in [9.17, 15) is 4.39 Å². The molecule has 1 aliphatic rings. The Morgan fingerprint density at radius 1 is 1.33 bits per heavy atom. The Hall–Kier alpha value is -0.150. The molecular formula is C12H24FNO. The third-order valence-electron chi connectivity index (χ3n) is 2.75. The van der Waals surface area contributed by atoms with Crippen LogP contribution in [-0.2, 0) is 4.74 Å². The van der Waals surface area contributed by atoms with Crippen LogP contribution in [0, 0.1) is 5.92 Å². The molecule has 0 aromatic rings. The molecule has 0 saturated carbocycles. The van der Waals surface area contributed by atoms with Crippen molar-refractivity contribution in [1.82, 2.24) is 4.90 Å². The molecule has 1 saturated heterocycles. The molecule has 15 heavy (non-hydrogen) atoms. The van der Waals surface area contributed by atoms with Gasteiger partial charge in [0.05, 0.1) is 5.60 Å². The van der Waals surface area contributed by atoms with Gasteiger partial charge in [-0.05, 0) is 27.2 Å². The van der Waals surface area contributed by atoms with E-state index in [4.69, 9.17) is 4.74 Å². The number of hydrogen-bond acceptors (Lipinski definition) is 2. The fourth-order valence-corrected chi connectivity index (χ4v) is 1.87. The van der Waals surface area contributed by atoms with Crippen molar-refractivity contribution in [3.05, 3.63) is 0 Å². The summed E-state index contributed by atoms with van der Waals surface area (Å²) >= 11 is 0. The predicted octanol–water partition coefficient (Wildman–Crippen LogP) is 2.48. The van der Waals surface area contributed by atoms with Crippen LogP contribution in [0.2, 0.25) is 0 Å². The molecule has 1 heterocycles. The van der Waals surface area contributed by atoms with Gasteiger partial charge in [-0.1, -0.05) is 6.92 Å². The smallest absolute Gasteiger partial charge is 0.116 e. The summed E-state index contributed by atoms with van der Waals surface area (Å²) in [5, 5.41) is 0. The van der Waals surface area contributed by atoms with Crippen molar-refractivity contribution in [3.8, 4) is 0 Å². The summed E-state index contributed by atoms with van der Waals surface area (Å²) in [6, 6.07) is 0. The average Bonchev–Trinajstić information content (AvgIpc) is 2.39. The van der Waals surface area contributed by atoms with E-state index < -0.39 is 6.17 Å². The van der Waals surface area contributed by atoms with Gasteiger partial charge >= 0.3 is 0 Å². The van der Waals surface area contributed by atoms with Crippen LogP contribution in [0.1, 0.15) is 34.1 Å². The fraction of sp³-hybridized carbons (Fsp3) is 1.00. The Morgan fingerprint density at radius 2 is 2.00 bits per heavy atom. The van der Waals surface area contributed by atoms with E-state index in [2.05, 4.69) is 25.7 Å². The van der Waals surface area contributed by atoms with Crippen LogP contribution in [0.3, 0.4) is 0 Å². The maximum atomic E-state index is 13.2. The Kier molecular flexibility index (Phi) is 4.53. The zero-order valence-corrected chi connectivity index (χ0v) is 10.4. The molecule has 0 aromatic carbocycles. The Labute approximate surface area is 92.8 Å². The molecule has 0 amide bonds. The van der Waals surface area contributed by atoms with Gasteiger partial charge in [0, 0.05) is 32.2 Å². The third kappa shape index (κ3) is 4.94. The number of likely N-dealkylation sites (tertiary alicyclic amines) is 1. The lowest BCUT2D eigenvalue weighted by molar-refractivity contribution is -0.00649. The van der Waals surface area contributed by atoms with Crippen molar-refractivity contribution in [2.24, 2.45) is 5.92 Å². The van der Waals surface area contributed by atoms with Crippen molar-refractivity contribution >= 4 is 0 Å². The summed E-state index contributed by atoms with van der Waals surface area (Å²) in [4.78, 5) is 2.20. The molecule has 0 aromatic heterocycles. The fourth-order valence-electron chi connectivity index (χ4n) is 1.87. The molecule has 1 fully saturated rings. The molecule has 0 spiro atoms. The number of rotatable bonds is 4. The lowest BCUT2D eigenvalue weighted by Gasteiger charge is -2.21. The van der Waals surface area contributed by atoms with E-state index in [1.54, 1.807) is 0 Å². The first-order chi connectivity index (χ1) is 6.88. The highest BCUT2D eigenvalue weighted by Gasteiger charge is 2.28. The van der Waals surface area contributed by atoms with E-state index >= 15 is 0 Å². The van der Waals surface area contributed by atoms with Gasteiger partial charge in [0.2, 0.25) is 0 Å². The third-order valence-corrected chi connectivity index (χ3v) is 2.75. The van der Waals surface area contributed by atoms with Crippen molar-refractivity contribution < 1.29 is 9.13 Å². The quantitative estimate of drug-likeness (QED) is 0.671. The molecule has 1 aliphatic heterocycles. The average molecular weight is 217 g/mol. The zero-order chi connectivity index (χ0) is 11.5. The topological polar surface area (TPSA) is 12.5 Å². The summed E-state index contributed by atoms with van der Waals surface area (Å²) in [6.45, 7) is 11.4. The van der Waals surface area contributed by atoms with Gasteiger partial charge in [0.25, 0.3) is 0 Å². The molecule has 3 heteroatoms. The number of hydrogen-bond donors (Lipinski definition) is 0. The molecule has 0 unspecified atom stereocenters. The van der Waals surface area contributed by atoms with Crippen molar-refractivity contribution in [2.75, 3.05) is 26.2 Å². The van der Waals surface area contributed by atoms with Gasteiger partial charge in [-0.3, -0.25) is 4.90 Å². The number of halogens is 1. The minimum absolute atomic E-state index is 0.0546. The molecule has 90 valence electrons. The van der Waals surface area contributed by atoms with Crippen molar-refractivity contribution in [3.63, 3.8) is 0 Å². The summed E-state index contributed by atoms with van der Waals surface area (Å²) in [6.07, 6.45) is 0.366. The largest absolute Gasteiger partial charge is 0.376 e. The monoisotopic (exact) mass is 217 g/mol. The lowest BCUT2D eigenvalue weighted by Crippen LogP contribution is -2.25. The number of alkyl halides is 1. The maximum Gasteiger partial charge on any atom is 0.116 e. The van der Waals surface area contributed by atoms with Gasteiger partial charge in [-0.25, -0.2) is 4.39 Å². The molecule has 0 N–H and O–H groups in total. The molecule has 2 atom stereocenters. The Balaban J connectivity index is 2.07. The normalized spacial score (nSPS) is 28.6. The van der Waals surface area contributed by atoms with E-state index in [1.807, 2.05) is 6.92 Å². The molecule has 0 radical (unpaired) electrons. The molecule has 0 bridgehead atoms. The van der Waals surface area contributed by atoms with Crippen LogP contribution in [-0.4, -0.2) is 42.9 Å².